The Hall–Kier alpha value is -0.250. The van der Waals surface area contributed by atoms with Gasteiger partial charge in [-0.25, -0.2) is 0 Å². The van der Waals surface area contributed by atoms with Crippen molar-refractivity contribution in [2.75, 3.05) is 0 Å². The van der Waals surface area contributed by atoms with Crippen LogP contribution in [0.3, 0.4) is 0 Å². The van der Waals surface area contributed by atoms with Crippen molar-refractivity contribution in [2.45, 2.75) is 13.8 Å². The molecular formula is C8H9IO. The van der Waals surface area contributed by atoms with Crippen molar-refractivity contribution >= 4 is 23.0 Å². The summed E-state index contributed by atoms with van der Waals surface area (Å²) in [4.78, 5) is 0. The van der Waals surface area contributed by atoms with E-state index in [4.69, 9.17) is 3.07 Å². The van der Waals surface area contributed by atoms with E-state index in [2.05, 4.69) is 19.9 Å². The molecule has 10 heavy (non-hydrogen) atoms. The van der Waals surface area contributed by atoms with Gasteiger partial charge in [0.1, 0.15) is 5.75 Å². The third-order valence-electron chi connectivity index (χ3n) is 1.64. The molecule has 0 aromatic heterocycles. The number of rotatable bonds is 1. The third kappa shape index (κ3) is 1.42. The molecule has 0 bridgehead atoms. The maximum absolute atomic E-state index is 5.10. The molecule has 0 spiro atoms. The van der Waals surface area contributed by atoms with Crippen LogP contribution in [0, 0.1) is 13.8 Å². The van der Waals surface area contributed by atoms with Crippen LogP contribution in [-0.4, -0.2) is 0 Å². The van der Waals surface area contributed by atoms with Crippen molar-refractivity contribution in [1.82, 2.24) is 0 Å². The highest BCUT2D eigenvalue weighted by Gasteiger charge is 1.98. The summed E-state index contributed by atoms with van der Waals surface area (Å²) in [5, 5.41) is 0. The molecule has 0 radical (unpaired) electrons. The highest BCUT2D eigenvalue weighted by atomic mass is 127. The molecule has 1 rings (SSSR count). The third-order valence-corrected chi connectivity index (χ3v) is 2.11. The Morgan fingerprint density at radius 2 is 2.00 bits per heavy atom. The summed E-state index contributed by atoms with van der Waals surface area (Å²) in [6, 6.07) is 6.04. The molecule has 0 saturated carbocycles. The molecule has 1 aromatic carbocycles. The summed E-state index contributed by atoms with van der Waals surface area (Å²) in [7, 11) is 0. The van der Waals surface area contributed by atoms with Gasteiger partial charge in [-0.3, -0.25) is 0 Å². The predicted molar refractivity (Wildman–Crippen MR) is 50.6 cm³/mol. The van der Waals surface area contributed by atoms with E-state index < -0.39 is 0 Å². The normalized spacial score (nSPS) is 9.50. The zero-order valence-electron chi connectivity index (χ0n) is 6.02. The quantitative estimate of drug-likeness (QED) is 0.694. The van der Waals surface area contributed by atoms with Gasteiger partial charge in [0, 0.05) is 0 Å². The van der Waals surface area contributed by atoms with Crippen LogP contribution in [0.4, 0.5) is 0 Å². The first kappa shape index (κ1) is 7.85. The SMILES string of the molecule is Cc1cccc(OI)c1C. The lowest BCUT2D eigenvalue weighted by atomic mass is 10.1. The molecule has 0 aliphatic heterocycles. The van der Waals surface area contributed by atoms with E-state index in [0.717, 1.165) is 5.75 Å². The van der Waals surface area contributed by atoms with Gasteiger partial charge in [0.05, 0.1) is 0 Å². The molecule has 1 aromatic rings. The smallest absolute Gasteiger partial charge is 0.192 e. The minimum absolute atomic E-state index is 0.959. The van der Waals surface area contributed by atoms with Crippen molar-refractivity contribution in [3.05, 3.63) is 29.3 Å². The van der Waals surface area contributed by atoms with Crippen molar-refractivity contribution in [3.63, 3.8) is 0 Å². The summed E-state index contributed by atoms with van der Waals surface area (Å²) in [5.41, 5.74) is 2.49. The predicted octanol–water partition coefficient (Wildman–Crippen LogP) is 3.03. The van der Waals surface area contributed by atoms with Crippen molar-refractivity contribution < 1.29 is 3.07 Å². The highest BCUT2D eigenvalue weighted by Crippen LogP contribution is 2.21. The first-order valence-electron chi connectivity index (χ1n) is 3.10. The van der Waals surface area contributed by atoms with Gasteiger partial charge in [0.15, 0.2) is 23.0 Å². The summed E-state index contributed by atoms with van der Waals surface area (Å²) in [6.07, 6.45) is 0. The summed E-state index contributed by atoms with van der Waals surface area (Å²) >= 11 is 1.90. The van der Waals surface area contributed by atoms with E-state index in [9.17, 15) is 0 Å². The minimum atomic E-state index is 0.959. The number of halogens is 1. The van der Waals surface area contributed by atoms with E-state index in [1.54, 1.807) is 0 Å². The van der Waals surface area contributed by atoms with Gasteiger partial charge in [-0.15, -0.1) is 0 Å². The second-order valence-electron chi connectivity index (χ2n) is 2.28. The average molecular weight is 248 g/mol. The van der Waals surface area contributed by atoms with E-state index in [0.29, 0.717) is 0 Å². The van der Waals surface area contributed by atoms with Crippen LogP contribution in [-0.2, 0) is 0 Å². The highest BCUT2D eigenvalue weighted by molar-refractivity contribution is 14.1. The largest absolute Gasteiger partial charge is 0.427 e. The first-order valence-corrected chi connectivity index (χ1v) is 3.98. The van der Waals surface area contributed by atoms with Crippen LogP contribution < -0.4 is 3.07 Å². The summed E-state index contributed by atoms with van der Waals surface area (Å²) in [6.45, 7) is 4.14. The van der Waals surface area contributed by atoms with Crippen molar-refractivity contribution in [3.8, 4) is 5.75 Å². The van der Waals surface area contributed by atoms with Crippen molar-refractivity contribution in [2.24, 2.45) is 0 Å². The monoisotopic (exact) mass is 248 g/mol. The van der Waals surface area contributed by atoms with Gasteiger partial charge in [0.2, 0.25) is 0 Å². The van der Waals surface area contributed by atoms with Gasteiger partial charge >= 0.3 is 0 Å². The van der Waals surface area contributed by atoms with Crippen LogP contribution in [0.1, 0.15) is 11.1 Å². The molecule has 0 saturated heterocycles. The van der Waals surface area contributed by atoms with Gasteiger partial charge in [-0.1, -0.05) is 12.1 Å². The molecule has 0 amide bonds. The second-order valence-corrected chi connectivity index (χ2v) is 2.72. The molecule has 0 heterocycles. The number of benzene rings is 1. The Morgan fingerprint density at radius 1 is 1.30 bits per heavy atom. The van der Waals surface area contributed by atoms with Gasteiger partial charge < -0.3 is 3.07 Å². The molecule has 0 aliphatic rings. The van der Waals surface area contributed by atoms with Crippen LogP contribution in [0.2, 0.25) is 0 Å². The zero-order valence-corrected chi connectivity index (χ0v) is 8.18. The Kier molecular flexibility index (Phi) is 2.54. The zero-order chi connectivity index (χ0) is 7.56. The van der Waals surface area contributed by atoms with Gasteiger partial charge in [-0.05, 0) is 31.0 Å². The lowest BCUT2D eigenvalue weighted by molar-refractivity contribution is 0.707. The molecule has 54 valence electrons. The first-order chi connectivity index (χ1) is 4.75. The van der Waals surface area contributed by atoms with Crippen molar-refractivity contribution in [1.29, 1.82) is 0 Å². The van der Waals surface area contributed by atoms with Crippen LogP contribution in [0.5, 0.6) is 5.75 Å². The molecular weight excluding hydrogens is 239 g/mol. The minimum Gasteiger partial charge on any atom is -0.427 e. The fourth-order valence-electron chi connectivity index (χ4n) is 0.808. The summed E-state index contributed by atoms with van der Waals surface area (Å²) < 4.78 is 5.10. The maximum atomic E-state index is 5.10. The fraction of sp³-hybridized carbons (Fsp3) is 0.250. The second kappa shape index (κ2) is 3.23. The standard InChI is InChI=1S/C8H9IO/c1-6-4-3-5-8(10-9)7(6)2/h3-5H,1-2H3. The van der Waals surface area contributed by atoms with Gasteiger partial charge in [0.25, 0.3) is 0 Å². The molecule has 0 N–H and O–H groups in total. The Labute approximate surface area is 75.1 Å². The molecule has 0 fully saturated rings. The Bertz CT molecular complexity index is 233. The Morgan fingerprint density at radius 3 is 2.50 bits per heavy atom. The number of hydrogen-bond donors (Lipinski definition) is 0. The molecule has 1 nitrogen and oxygen atoms in total. The topological polar surface area (TPSA) is 9.23 Å². The van der Waals surface area contributed by atoms with Crippen LogP contribution >= 0.6 is 23.0 Å². The van der Waals surface area contributed by atoms with Crippen LogP contribution in [0.25, 0.3) is 0 Å². The lowest BCUT2D eigenvalue weighted by Crippen LogP contribution is -1.83. The van der Waals surface area contributed by atoms with E-state index in [1.165, 1.54) is 11.1 Å². The van der Waals surface area contributed by atoms with E-state index in [-0.39, 0.29) is 0 Å². The van der Waals surface area contributed by atoms with E-state index in [1.807, 2.05) is 35.1 Å². The average Bonchev–Trinajstić information content (AvgIpc) is 1.95. The molecule has 2 heteroatoms. The molecule has 0 aliphatic carbocycles. The number of hydrogen-bond acceptors (Lipinski definition) is 1. The molecule has 0 atom stereocenters. The maximum Gasteiger partial charge on any atom is 0.192 e. The number of aryl methyl sites for hydroxylation is 1. The Balaban J connectivity index is 3.14. The fourth-order valence-corrected chi connectivity index (χ4v) is 1.28. The lowest BCUT2D eigenvalue weighted by Gasteiger charge is -2.03. The molecule has 0 unspecified atom stereocenters. The van der Waals surface area contributed by atoms with E-state index >= 15 is 0 Å². The summed E-state index contributed by atoms with van der Waals surface area (Å²) in [5.74, 6) is 0.959. The van der Waals surface area contributed by atoms with Crippen LogP contribution in [0.15, 0.2) is 18.2 Å². The van der Waals surface area contributed by atoms with Gasteiger partial charge in [-0.2, -0.15) is 0 Å².